The molecule has 0 saturated heterocycles. The largest absolute Gasteiger partial charge is 0.463 e. The van der Waals surface area contributed by atoms with E-state index in [1.165, 1.54) is 12.2 Å². The Balaban J connectivity index is 2.35. The number of alkyl carbamates (subject to hydrolysis) is 2. The summed E-state index contributed by atoms with van der Waals surface area (Å²) in [7, 11) is 0. The lowest BCUT2D eigenvalue weighted by Crippen LogP contribution is -2.41. The highest BCUT2D eigenvalue weighted by Crippen LogP contribution is 2.02. The van der Waals surface area contributed by atoms with Gasteiger partial charge in [0.2, 0.25) is 5.91 Å². The second-order valence-electron chi connectivity index (χ2n) is 13.2. The van der Waals surface area contributed by atoms with Crippen LogP contribution in [0.4, 0.5) is 9.59 Å². The summed E-state index contributed by atoms with van der Waals surface area (Å²) >= 11 is 0. The Morgan fingerprint density at radius 1 is 0.455 bits per heavy atom. The van der Waals surface area contributed by atoms with Gasteiger partial charge < -0.3 is 72.8 Å². The Labute approximate surface area is 382 Å². The summed E-state index contributed by atoms with van der Waals surface area (Å²) in [4.78, 5) is 109. The van der Waals surface area contributed by atoms with Gasteiger partial charge >= 0.3 is 36.1 Å². The van der Waals surface area contributed by atoms with Gasteiger partial charge in [-0.05, 0) is 12.8 Å². The van der Waals surface area contributed by atoms with Gasteiger partial charge in [0.15, 0.2) is 0 Å². The van der Waals surface area contributed by atoms with Gasteiger partial charge in [-0.25, -0.2) is 28.8 Å². The van der Waals surface area contributed by atoms with E-state index in [9.17, 15) is 43.2 Å². The maximum Gasteiger partial charge on any atom is 0.407 e. The monoisotopic (exact) mass is 951 g/mol. The Hall–Kier alpha value is -5.51. The van der Waals surface area contributed by atoms with Crippen LogP contribution in [0.25, 0.3) is 0 Å². The molecule has 5 amide bonds. The van der Waals surface area contributed by atoms with Crippen LogP contribution in [0.5, 0.6) is 0 Å². The van der Waals surface area contributed by atoms with Gasteiger partial charge in [-0.2, -0.15) is 0 Å². The zero-order chi connectivity index (χ0) is 48.5. The first kappa shape index (κ1) is 58.5. The van der Waals surface area contributed by atoms with Gasteiger partial charge in [0.1, 0.15) is 52.9 Å². The van der Waals surface area contributed by atoms with E-state index < -0.39 is 80.2 Å². The van der Waals surface area contributed by atoms with Crippen molar-refractivity contribution in [2.75, 3.05) is 165 Å². The molecule has 1 rings (SSSR count). The number of nitrogens with one attached hydrogen (secondary N) is 3. The quantitative estimate of drug-likeness (QED) is 0.0255. The van der Waals surface area contributed by atoms with Gasteiger partial charge in [-0.15, -0.1) is 0 Å². The van der Waals surface area contributed by atoms with Crippen molar-refractivity contribution in [3.8, 4) is 0 Å². The lowest BCUT2D eigenvalue weighted by atomic mass is 10.4. The van der Waals surface area contributed by atoms with E-state index in [1.54, 1.807) is 4.90 Å². The minimum absolute atomic E-state index is 0.0286. The number of carbonyl (C=O) groups is 9. The van der Waals surface area contributed by atoms with Crippen molar-refractivity contribution in [1.82, 2.24) is 25.8 Å². The first-order valence-corrected chi connectivity index (χ1v) is 21.4. The predicted molar refractivity (Wildman–Crippen MR) is 223 cm³/mol. The number of amides is 5. The standard InChI is InChI=1S/C40H65N5O21/c1-3-13-65-39(53)42-8-16-56-23-25-63-37(51)30-59-28-35(49)61-19-10-44(27-32(46)41-7-15-55-21-22-58-18-12-45-33(47)5-6-34(45)48)11-20-62-36(50)29-60-31-38(52)64-26-24-57-17-9-43-40(54)66-14-4-2/h5-6H,3-4,7-31H2,1-2H3,(H,41,46)(H,42,53)(H,43,54). The number of nitrogens with zero attached hydrogens (tertiary/aromatic N) is 2. The highest BCUT2D eigenvalue weighted by molar-refractivity contribution is 6.12. The molecule has 66 heavy (non-hydrogen) atoms. The zero-order valence-electron chi connectivity index (χ0n) is 37.7. The highest BCUT2D eigenvalue weighted by Gasteiger charge is 2.22. The van der Waals surface area contributed by atoms with E-state index in [0.29, 0.717) is 26.1 Å². The van der Waals surface area contributed by atoms with Gasteiger partial charge in [0, 0.05) is 44.9 Å². The number of carbonyl (C=O) groups excluding carboxylic acids is 9. The van der Waals surface area contributed by atoms with Crippen LogP contribution in [0.3, 0.4) is 0 Å². The zero-order valence-corrected chi connectivity index (χ0v) is 37.7. The van der Waals surface area contributed by atoms with E-state index in [2.05, 4.69) is 16.0 Å². The Morgan fingerprint density at radius 2 is 0.833 bits per heavy atom. The molecule has 376 valence electrons. The summed E-state index contributed by atoms with van der Waals surface area (Å²) in [6.07, 6.45) is 2.67. The lowest BCUT2D eigenvalue weighted by Gasteiger charge is -2.21. The van der Waals surface area contributed by atoms with Crippen LogP contribution in [-0.2, 0) is 90.4 Å². The first-order valence-electron chi connectivity index (χ1n) is 21.4. The smallest absolute Gasteiger partial charge is 0.407 e. The van der Waals surface area contributed by atoms with E-state index in [0.717, 1.165) is 4.90 Å². The molecule has 26 nitrogen and oxygen atoms in total. The third-order valence-electron chi connectivity index (χ3n) is 7.78. The molecule has 0 spiro atoms. The Morgan fingerprint density at radius 3 is 1.26 bits per heavy atom. The Bertz CT molecular complexity index is 1400. The average molecular weight is 952 g/mol. The molecule has 0 aromatic carbocycles. The minimum Gasteiger partial charge on any atom is -0.463 e. The molecule has 0 unspecified atom stereocenters. The van der Waals surface area contributed by atoms with Crippen molar-refractivity contribution in [3.63, 3.8) is 0 Å². The summed E-state index contributed by atoms with van der Waals surface area (Å²) < 4.78 is 61.3. The molecule has 0 saturated carbocycles. The van der Waals surface area contributed by atoms with Gasteiger partial charge in [-0.3, -0.25) is 24.2 Å². The maximum absolute atomic E-state index is 12.7. The minimum atomic E-state index is -0.801. The fourth-order valence-corrected chi connectivity index (χ4v) is 4.68. The van der Waals surface area contributed by atoms with Crippen LogP contribution in [0.2, 0.25) is 0 Å². The fraction of sp³-hybridized carbons (Fsp3) is 0.725. The molecule has 0 atom stereocenters. The lowest BCUT2D eigenvalue weighted by molar-refractivity contribution is -0.157. The number of rotatable bonds is 41. The number of ether oxygens (including phenoxy) is 12. The van der Waals surface area contributed by atoms with E-state index in [1.807, 2.05) is 13.8 Å². The van der Waals surface area contributed by atoms with Crippen LogP contribution in [0.1, 0.15) is 26.7 Å². The molecule has 0 radical (unpaired) electrons. The molecule has 0 fully saturated rings. The fourth-order valence-electron chi connectivity index (χ4n) is 4.68. The van der Waals surface area contributed by atoms with E-state index in [-0.39, 0.29) is 125 Å². The molecule has 1 aliphatic heterocycles. The molecule has 0 aliphatic carbocycles. The average Bonchev–Trinajstić information content (AvgIpc) is 3.61. The number of hydrogen-bond acceptors (Lipinski definition) is 22. The molecular weight excluding hydrogens is 886 g/mol. The second kappa shape index (κ2) is 39.8. The number of imide groups is 1. The predicted octanol–water partition coefficient (Wildman–Crippen LogP) is -2.13. The van der Waals surface area contributed by atoms with Crippen molar-refractivity contribution >= 4 is 53.8 Å². The molecular formula is C40H65N5O21. The van der Waals surface area contributed by atoms with Gasteiger partial charge in [0.25, 0.3) is 11.8 Å². The summed E-state index contributed by atoms with van der Waals surface area (Å²) in [5, 5.41) is 7.68. The topological polar surface area (TPSA) is 307 Å². The normalized spacial score (nSPS) is 11.9. The molecule has 0 bridgehead atoms. The second-order valence-corrected chi connectivity index (χ2v) is 13.2. The molecule has 0 aromatic rings. The van der Waals surface area contributed by atoms with Crippen molar-refractivity contribution in [3.05, 3.63) is 12.2 Å². The highest BCUT2D eigenvalue weighted by atomic mass is 16.6. The third-order valence-corrected chi connectivity index (χ3v) is 7.78. The molecule has 0 aromatic heterocycles. The van der Waals surface area contributed by atoms with Crippen molar-refractivity contribution < 1.29 is 100.0 Å². The number of hydrogen-bond donors (Lipinski definition) is 3. The molecule has 3 N–H and O–H groups in total. The molecule has 1 heterocycles. The van der Waals surface area contributed by atoms with Crippen LogP contribution in [-0.4, -0.2) is 228 Å². The maximum atomic E-state index is 12.7. The summed E-state index contributed by atoms with van der Waals surface area (Å²) in [6.45, 7) is 3.28. The van der Waals surface area contributed by atoms with Crippen molar-refractivity contribution in [2.24, 2.45) is 0 Å². The third kappa shape index (κ3) is 33.9. The Kier molecular flexibility index (Phi) is 35.3. The van der Waals surface area contributed by atoms with Crippen LogP contribution >= 0.6 is 0 Å². The van der Waals surface area contributed by atoms with E-state index >= 15 is 0 Å². The van der Waals surface area contributed by atoms with Gasteiger partial charge in [-0.1, -0.05) is 13.8 Å². The SMILES string of the molecule is CCCOC(=O)NCCOCCOC(=O)COCC(=O)OCCN(CCOC(=O)COCC(=O)OCCOCCNC(=O)OCCC)CC(=O)NCCOCCOCCN1C(=O)C=CC1=O. The molecule has 26 heteroatoms. The van der Waals surface area contributed by atoms with Crippen LogP contribution < -0.4 is 16.0 Å². The molecule has 1 aliphatic rings. The van der Waals surface area contributed by atoms with Gasteiger partial charge in [0.05, 0.1) is 79.2 Å². The summed E-state index contributed by atoms with van der Waals surface area (Å²) in [5.74, 6) is -4.32. The summed E-state index contributed by atoms with van der Waals surface area (Å²) in [6, 6.07) is 0. The van der Waals surface area contributed by atoms with Crippen LogP contribution in [0, 0.1) is 0 Å². The van der Waals surface area contributed by atoms with Crippen molar-refractivity contribution in [1.29, 1.82) is 0 Å². The first-order chi connectivity index (χ1) is 31.9. The van der Waals surface area contributed by atoms with E-state index in [4.69, 9.17) is 56.8 Å². The summed E-state index contributed by atoms with van der Waals surface area (Å²) in [5.41, 5.74) is 0. The van der Waals surface area contributed by atoms with Crippen LogP contribution in [0.15, 0.2) is 12.2 Å². The van der Waals surface area contributed by atoms with Crippen molar-refractivity contribution in [2.45, 2.75) is 26.7 Å². The number of esters is 4.